The van der Waals surface area contributed by atoms with Crippen molar-refractivity contribution in [3.63, 3.8) is 0 Å². The lowest BCUT2D eigenvalue weighted by atomic mass is 10.0. The van der Waals surface area contributed by atoms with Crippen LogP contribution in [0, 0.1) is 13.8 Å². The summed E-state index contributed by atoms with van der Waals surface area (Å²) in [6, 6.07) is 5.92. The normalized spacial score (nSPS) is 12.5. The van der Waals surface area contributed by atoms with Crippen LogP contribution in [-0.4, -0.2) is 39.4 Å². The Labute approximate surface area is 162 Å². The lowest BCUT2D eigenvalue weighted by molar-refractivity contribution is 0.0931. The van der Waals surface area contributed by atoms with E-state index in [1.165, 1.54) is 18.2 Å². The summed E-state index contributed by atoms with van der Waals surface area (Å²) in [7, 11) is 0. The molecule has 0 fully saturated rings. The molecule has 6 nitrogen and oxygen atoms in total. The number of ketones is 2. The highest BCUT2D eigenvalue weighted by Gasteiger charge is 2.21. The number of carbonyl (C=O) groups excluding carboxylic acids is 2. The van der Waals surface area contributed by atoms with Gasteiger partial charge in [0.05, 0.1) is 17.7 Å². The SMILES string of the molecule is Cc1c(O)ccc(C(=O)CCCl)c1O.Cc1c(O)ccc2c1OCCC2=O. The van der Waals surface area contributed by atoms with Crippen molar-refractivity contribution in [3.05, 3.63) is 46.5 Å². The van der Waals surface area contributed by atoms with E-state index >= 15 is 0 Å². The van der Waals surface area contributed by atoms with E-state index in [0.717, 1.165) is 0 Å². The summed E-state index contributed by atoms with van der Waals surface area (Å²) in [5, 5.41) is 28.2. The Morgan fingerprint density at radius 3 is 2.37 bits per heavy atom. The molecule has 2 aromatic carbocycles. The molecule has 0 spiro atoms. The second-order valence-electron chi connectivity index (χ2n) is 6.08. The van der Waals surface area contributed by atoms with Crippen molar-refractivity contribution in [3.8, 4) is 23.0 Å². The highest BCUT2D eigenvalue weighted by atomic mass is 35.5. The van der Waals surface area contributed by atoms with Crippen molar-refractivity contribution < 1.29 is 29.6 Å². The number of halogens is 1. The molecule has 0 unspecified atom stereocenters. The van der Waals surface area contributed by atoms with Gasteiger partial charge < -0.3 is 20.1 Å². The zero-order valence-corrected chi connectivity index (χ0v) is 15.8. The van der Waals surface area contributed by atoms with Gasteiger partial charge in [0, 0.05) is 29.8 Å². The van der Waals surface area contributed by atoms with Crippen molar-refractivity contribution >= 4 is 23.2 Å². The van der Waals surface area contributed by atoms with E-state index in [2.05, 4.69) is 0 Å². The summed E-state index contributed by atoms with van der Waals surface area (Å²) < 4.78 is 5.32. The van der Waals surface area contributed by atoms with Crippen LogP contribution >= 0.6 is 11.6 Å². The molecule has 3 rings (SSSR count). The Morgan fingerprint density at radius 1 is 1.07 bits per heavy atom. The first kappa shape index (κ1) is 20.6. The quantitative estimate of drug-likeness (QED) is 0.540. The first-order valence-corrected chi connectivity index (χ1v) is 8.90. The van der Waals surface area contributed by atoms with Crippen LogP contribution in [0.25, 0.3) is 0 Å². The lowest BCUT2D eigenvalue weighted by Crippen LogP contribution is -2.15. The maximum absolute atomic E-state index is 11.4. The molecular weight excluding hydrogens is 372 g/mol. The Bertz CT molecular complexity index is 875. The molecule has 1 aliphatic rings. The predicted octanol–water partition coefficient (Wildman–Crippen LogP) is 3.88. The van der Waals surface area contributed by atoms with Gasteiger partial charge in [0.25, 0.3) is 0 Å². The molecule has 0 radical (unpaired) electrons. The molecule has 0 amide bonds. The van der Waals surface area contributed by atoms with Gasteiger partial charge in [0.2, 0.25) is 0 Å². The topological polar surface area (TPSA) is 104 Å². The Balaban J connectivity index is 0.000000194. The van der Waals surface area contributed by atoms with E-state index in [0.29, 0.717) is 35.5 Å². The number of phenols is 3. The summed E-state index contributed by atoms with van der Waals surface area (Å²) >= 11 is 5.42. The monoisotopic (exact) mass is 392 g/mol. The smallest absolute Gasteiger partial charge is 0.170 e. The zero-order chi connectivity index (χ0) is 20.1. The van der Waals surface area contributed by atoms with Crippen molar-refractivity contribution in [2.24, 2.45) is 0 Å². The van der Waals surface area contributed by atoms with Crippen molar-refractivity contribution in [1.82, 2.24) is 0 Å². The lowest BCUT2D eigenvalue weighted by Gasteiger charge is -2.18. The molecular formula is C20H21ClO6. The maximum Gasteiger partial charge on any atom is 0.170 e. The molecule has 0 atom stereocenters. The summed E-state index contributed by atoms with van der Waals surface area (Å²) in [5.74, 6) is 0.609. The molecule has 0 saturated heterocycles. The summed E-state index contributed by atoms with van der Waals surface area (Å²) in [6.07, 6.45) is 0.608. The fourth-order valence-electron chi connectivity index (χ4n) is 2.60. The van der Waals surface area contributed by atoms with Gasteiger partial charge in [-0.15, -0.1) is 11.6 Å². The van der Waals surface area contributed by atoms with Gasteiger partial charge in [-0.3, -0.25) is 9.59 Å². The Morgan fingerprint density at radius 2 is 1.70 bits per heavy atom. The number of rotatable bonds is 3. The number of carbonyl (C=O) groups is 2. The van der Waals surface area contributed by atoms with E-state index in [4.69, 9.17) is 16.3 Å². The molecule has 0 aliphatic carbocycles. The molecule has 27 heavy (non-hydrogen) atoms. The zero-order valence-electron chi connectivity index (χ0n) is 15.1. The number of hydrogen-bond donors (Lipinski definition) is 3. The molecule has 1 heterocycles. The van der Waals surface area contributed by atoms with E-state index < -0.39 is 0 Å². The molecule has 0 aromatic heterocycles. The molecule has 2 aromatic rings. The highest BCUT2D eigenvalue weighted by Crippen LogP contribution is 2.33. The predicted molar refractivity (Wildman–Crippen MR) is 101 cm³/mol. The van der Waals surface area contributed by atoms with Crippen LogP contribution in [0.5, 0.6) is 23.0 Å². The number of aromatic hydroxyl groups is 3. The highest BCUT2D eigenvalue weighted by molar-refractivity contribution is 6.19. The van der Waals surface area contributed by atoms with E-state index in [1.54, 1.807) is 19.9 Å². The third-order valence-corrected chi connectivity index (χ3v) is 4.47. The number of phenolic OH excluding ortho intramolecular Hbond substituents is 3. The summed E-state index contributed by atoms with van der Waals surface area (Å²) in [4.78, 5) is 22.8. The molecule has 7 heteroatoms. The maximum atomic E-state index is 11.4. The van der Waals surface area contributed by atoms with Crippen LogP contribution in [0.4, 0.5) is 0 Å². The largest absolute Gasteiger partial charge is 0.508 e. The van der Waals surface area contributed by atoms with Gasteiger partial charge in [-0.1, -0.05) is 0 Å². The van der Waals surface area contributed by atoms with Gasteiger partial charge >= 0.3 is 0 Å². The number of fused-ring (bicyclic) bond motifs is 1. The van der Waals surface area contributed by atoms with Crippen LogP contribution in [0.15, 0.2) is 24.3 Å². The fourth-order valence-corrected chi connectivity index (χ4v) is 2.77. The van der Waals surface area contributed by atoms with Gasteiger partial charge in [-0.2, -0.15) is 0 Å². The Kier molecular flexibility index (Phi) is 6.69. The van der Waals surface area contributed by atoms with Crippen LogP contribution in [0.3, 0.4) is 0 Å². The average molecular weight is 393 g/mol. The second kappa shape index (κ2) is 8.77. The van der Waals surface area contributed by atoms with Crippen LogP contribution < -0.4 is 4.74 Å². The van der Waals surface area contributed by atoms with Crippen LogP contribution in [0.2, 0.25) is 0 Å². The van der Waals surface area contributed by atoms with Gasteiger partial charge in [-0.25, -0.2) is 0 Å². The molecule has 1 aliphatic heterocycles. The van der Waals surface area contributed by atoms with Crippen molar-refractivity contribution in [1.29, 1.82) is 0 Å². The third kappa shape index (κ3) is 4.52. The average Bonchev–Trinajstić information content (AvgIpc) is 2.64. The minimum absolute atomic E-state index is 0.0232. The standard InChI is InChI=1S/C10H11ClO3.C10H10O3/c1-6-8(12)3-2-7(10(6)14)9(13)4-5-11;1-6-8(11)3-2-7-9(12)4-5-13-10(6)7/h2-3,12,14H,4-5H2,1H3;2-3,11H,4-5H2,1H3. The fraction of sp³-hybridized carbons (Fsp3) is 0.300. The molecule has 0 bridgehead atoms. The Hall–Kier alpha value is -2.73. The van der Waals surface area contributed by atoms with Crippen LogP contribution in [-0.2, 0) is 0 Å². The van der Waals surface area contributed by atoms with Crippen molar-refractivity contribution in [2.75, 3.05) is 12.5 Å². The van der Waals surface area contributed by atoms with E-state index in [1.807, 2.05) is 0 Å². The number of alkyl halides is 1. The molecule has 144 valence electrons. The minimum atomic E-state index is -0.222. The molecule has 3 N–H and O–H groups in total. The van der Waals surface area contributed by atoms with E-state index in [9.17, 15) is 24.9 Å². The minimum Gasteiger partial charge on any atom is -0.508 e. The van der Waals surface area contributed by atoms with Crippen molar-refractivity contribution in [2.45, 2.75) is 26.7 Å². The third-order valence-electron chi connectivity index (χ3n) is 4.28. The number of ether oxygens (including phenoxy) is 1. The van der Waals surface area contributed by atoms with Gasteiger partial charge in [-0.05, 0) is 38.1 Å². The van der Waals surface area contributed by atoms with Gasteiger partial charge in [0.15, 0.2) is 11.6 Å². The first-order valence-electron chi connectivity index (χ1n) is 8.37. The van der Waals surface area contributed by atoms with E-state index in [-0.39, 0.29) is 46.7 Å². The van der Waals surface area contributed by atoms with Crippen LogP contribution in [0.1, 0.15) is 44.7 Å². The number of Topliss-reactive ketones (excluding diaryl/α,β-unsaturated/α-hetero) is 2. The second-order valence-corrected chi connectivity index (χ2v) is 6.45. The first-order chi connectivity index (χ1) is 12.8. The summed E-state index contributed by atoms with van der Waals surface area (Å²) in [5.41, 5.74) is 1.75. The number of benzene rings is 2. The summed E-state index contributed by atoms with van der Waals surface area (Å²) in [6.45, 7) is 3.70. The van der Waals surface area contributed by atoms with Gasteiger partial charge in [0.1, 0.15) is 23.0 Å². The molecule has 0 saturated carbocycles. The number of hydrogen-bond acceptors (Lipinski definition) is 6.